The fourth-order valence-corrected chi connectivity index (χ4v) is 9.26. The Morgan fingerprint density at radius 2 is 1.76 bits per heavy atom. The van der Waals surface area contributed by atoms with Crippen molar-refractivity contribution < 1.29 is 29.6 Å². The van der Waals surface area contributed by atoms with Gasteiger partial charge in [-0.25, -0.2) is 0 Å². The zero-order chi connectivity index (χ0) is 28.4. The van der Waals surface area contributed by atoms with Crippen molar-refractivity contribution in [1.29, 1.82) is 0 Å². The SMILES string of the molecule is C=C(C)C(O)CCC(C(=O)O)C1C(O)CC2(C)C3=CCC4C(C)(CCC(OC(C)=O)C4(C)C)C3=CCC12C. The van der Waals surface area contributed by atoms with Crippen LogP contribution in [-0.2, 0) is 14.3 Å². The van der Waals surface area contributed by atoms with E-state index in [1.165, 1.54) is 18.1 Å². The molecule has 0 heterocycles. The Hall–Kier alpha value is -1.92. The van der Waals surface area contributed by atoms with E-state index in [0.29, 0.717) is 37.2 Å². The summed E-state index contributed by atoms with van der Waals surface area (Å²) in [6, 6.07) is 0. The first-order chi connectivity index (χ1) is 17.5. The molecule has 9 unspecified atom stereocenters. The largest absolute Gasteiger partial charge is 0.481 e. The molecule has 0 saturated heterocycles. The number of carbonyl (C=O) groups excluding carboxylic acids is 1. The number of aliphatic carboxylic acids is 1. The molecular formula is C32H48O6. The maximum Gasteiger partial charge on any atom is 0.306 e. The summed E-state index contributed by atoms with van der Waals surface area (Å²) in [5.74, 6) is -1.98. The van der Waals surface area contributed by atoms with Gasteiger partial charge in [0.05, 0.1) is 18.1 Å². The molecule has 0 amide bonds. The fourth-order valence-electron chi connectivity index (χ4n) is 9.26. The van der Waals surface area contributed by atoms with Crippen LogP contribution in [0.4, 0.5) is 0 Å². The van der Waals surface area contributed by atoms with E-state index in [1.807, 2.05) is 0 Å². The molecular weight excluding hydrogens is 480 g/mol. The predicted molar refractivity (Wildman–Crippen MR) is 147 cm³/mol. The van der Waals surface area contributed by atoms with Crippen LogP contribution in [0.25, 0.3) is 0 Å². The molecule has 0 aromatic carbocycles. The molecule has 212 valence electrons. The Balaban J connectivity index is 1.70. The van der Waals surface area contributed by atoms with Crippen LogP contribution in [0.15, 0.2) is 35.5 Å². The van der Waals surface area contributed by atoms with E-state index in [0.717, 1.165) is 19.3 Å². The van der Waals surface area contributed by atoms with E-state index in [4.69, 9.17) is 4.74 Å². The first kappa shape index (κ1) is 29.1. The van der Waals surface area contributed by atoms with Crippen molar-refractivity contribution >= 4 is 11.9 Å². The number of carboxylic acid groups (broad SMARTS) is 1. The zero-order valence-electron chi connectivity index (χ0n) is 24.3. The van der Waals surface area contributed by atoms with Gasteiger partial charge in [-0.05, 0) is 79.8 Å². The first-order valence-electron chi connectivity index (χ1n) is 14.3. The lowest BCUT2D eigenvalue weighted by Gasteiger charge is -2.61. The summed E-state index contributed by atoms with van der Waals surface area (Å²) >= 11 is 0. The fraction of sp³-hybridized carbons (Fsp3) is 0.750. The summed E-state index contributed by atoms with van der Waals surface area (Å²) in [5, 5.41) is 32.1. The van der Waals surface area contributed by atoms with Crippen LogP contribution in [0.3, 0.4) is 0 Å². The van der Waals surface area contributed by atoms with E-state index < -0.39 is 35.4 Å². The monoisotopic (exact) mass is 528 g/mol. The Bertz CT molecular complexity index is 1070. The Morgan fingerprint density at radius 3 is 2.34 bits per heavy atom. The van der Waals surface area contributed by atoms with Gasteiger partial charge in [0, 0.05) is 23.7 Å². The number of rotatable bonds is 7. The average Bonchev–Trinajstić information content (AvgIpc) is 3.01. The molecule has 0 bridgehead atoms. The standard InChI is InChI=1S/C32H48O6/c1-18(2)23(34)11-9-20(28(36)37)27-24(35)17-32(8)22-10-12-25-29(4,5)26(38-19(3)33)14-15-30(25,6)21(22)13-16-31(27,32)7/h10,13,20,23-27,34-35H,1,9,11-12,14-17H2,2-8H3,(H,36,37). The normalized spacial score (nSPS) is 41.0. The Morgan fingerprint density at radius 1 is 1.11 bits per heavy atom. The number of hydrogen-bond donors (Lipinski definition) is 3. The number of aliphatic hydroxyl groups is 2. The van der Waals surface area contributed by atoms with Crippen LogP contribution in [0.2, 0.25) is 0 Å². The van der Waals surface area contributed by atoms with Gasteiger partial charge in [0.2, 0.25) is 0 Å². The van der Waals surface area contributed by atoms with Gasteiger partial charge in [0.1, 0.15) is 6.10 Å². The highest BCUT2D eigenvalue weighted by molar-refractivity contribution is 5.71. The van der Waals surface area contributed by atoms with Gasteiger partial charge < -0.3 is 20.1 Å². The number of carbonyl (C=O) groups is 2. The van der Waals surface area contributed by atoms with Gasteiger partial charge in [-0.2, -0.15) is 0 Å². The van der Waals surface area contributed by atoms with Crippen LogP contribution in [0.5, 0.6) is 0 Å². The highest BCUT2D eigenvalue weighted by Gasteiger charge is 2.66. The van der Waals surface area contributed by atoms with Crippen molar-refractivity contribution in [2.24, 2.45) is 39.4 Å². The van der Waals surface area contributed by atoms with E-state index in [2.05, 4.69) is 53.3 Å². The molecule has 2 fully saturated rings. The second kappa shape index (κ2) is 9.62. The molecule has 6 nitrogen and oxygen atoms in total. The van der Waals surface area contributed by atoms with Gasteiger partial charge in [0.15, 0.2) is 0 Å². The molecule has 0 aromatic rings. The summed E-state index contributed by atoms with van der Waals surface area (Å²) in [5.41, 5.74) is 2.22. The molecule has 38 heavy (non-hydrogen) atoms. The van der Waals surface area contributed by atoms with Crippen LogP contribution >= 0.6 is 0 Å². The summed E-state index contributed by atoms with van der Waals surface area (Å²) in [4.78, 5) is 24.4. The molecule has 0 spiro atoms. The van der Waals surface area contributed by atoms with Gasteiger partial charge in [0.25, 0.3) is 0 Å². The molecule has 3 N–H and O–H groups in total. The number of aliphatic hydroxyl groups excluding tert-OH is 2. The van der Waals surface area contributed by atoms with Crippen LogP contribution in [-0.4, -0.2) is 45.6 Å². The van der Waals surface area contributed by atoms with Gasteiger partial charge in [-0.15, -0.1) is 0 Å². The lowest BCUT2D eigenvalue weighted by molar-refractivity contribution is -0.165. The summed E-state index contributed by atoms with van der Waals surface area (Å²) in [6.45, 7) is 18.3. The van der Waals surface area contributed by atoms with Crippen molar-refractivity contribution in [3.63, 3.8) is 0 Å². The van der Waals surface area contributed by atoms with Crippen molar-refractivity contribution in [2.45, 2.75) is 112 Å². The number of hydrogen-bond acceptors (Lipinski definition) is 5. The van der Waals surface area contributed by atoms with E-state index in [9.17, 15) is 24.9 Å². The topological polar surface area (TPSA) is 104 Å². The first-order valence-corrected chi connectivity index (χ1v) is 14.3. The molecule has 6 heteroatoms. The molecule has 4 aliphatic rings. The lowest BCUT2D eigenvalue weighted by Crippen LogP contribution is -2.55. The number of fused-ring (bicyclic) bond motifs is 5. The van der Waals surface area contributed by atoms with Crippen molar-refractivity contribution in [3.05, 3.63) is 35.5 Å². The van der Waals surface area contributed by atoms with Gasteiger partial charge in [-0.3, -0.25) is 9.59 Å². The zero-order valence-corrected chi connectivity index (χ0v) is 24.3. The third kappa shape index (κ3) is 4.21. The van der Waals surface area contributed by atoms with Crippen LogP contribution < -0.4 is 0 Å². The summed E-state index contributed by atoms with van der Waals surface area (Å²) < 4.78 is 5.78. The highest BCUT2D eigenvalue weighted by atomic mass is 16.5. The van der Waals surface area contributed by atoms with Crippen molar-refractivity contribution in [2.75, 3.05) is 0 Å². The molecule has 0 radical (unpaired) electrons. The minimum Gasteiger partial charge on any atom is -0.481 e. The van der Waals surface area contributed by atoms with Gasteiger partial charge in [-0.1, -0.05) is 58.9 Å². The minimum absolute atomic E-state index is 0.0740. The molecule has 2 saturated carbocycles. The second-order valence-electron chi connectivity index (χ2n) is 14.0. The van der Waals surface area contributed by atoms with E-state index in [1.54, 1.807) is 6.92 Å². The van der Waals surface area contributed by atoms with E-state index in [-0.39, 0.29) is 28.3 Å². The summed E-state index contributed by atoms with van der Waals surface area (Å²) in [6.07, 6.45) is 7.59. The van der Waals surface area contributed by atoms with Crippen molar-refractivity contribution in [1.82, 2.24) is 0 Å². The summed E-state index contributed by atoms with van der Waals surface area (Å²) in [7, 11) is 0. The van der Waals surface area contributed by atoms with E-state index >= 15 is 0 Å². The molecule has 4 aliphatic carbocycles. The number of allylic oxidation sites excluding steroid dienone is 4. The minimum atomic E-state index is -0.904. The second-order valence-corrected chi connectivity index (χ2v) is 14.0. The van der Waals surface area contributed by atoms with Crippen LogP contribution in [0.1, 0.15) is 93.4 Å². The van der Waals surface area contributed by atoms with Crippen molar-refractivity contribution in [3.8, 4) is 0 Å². The third-order valence-corrected chi connectivity index (χ3v) is 11.6. The molecule has 0 aliphatic heterocycles. The maximum atomic E-state index is 12.6. The third-order valence-electron chi connectivity index (χ3n) is 11.6. The van der Waals surface area contributed by atoms with Gasteiger partial charge >= 0.3 is 11.9 Å². The number of carboxylic acids is 1. The Kier molecular flexibility index (Phi) is 7.36. The smallest absolute Gasteiger partial charge is 0.306 e. The average molecular weight is 529 g/mol. The molecule has 4 rings (SSSR count). The molecule has 0 aromatic heterocycles. The predicted octanol–water partition coefficient (Wildman–Crippen LogP) is 5.83. The molecule has 9 atom stereocenters. The maximum absolute atomic E-state index is 12.6. The quantitative estimate of drug-likeness (QED) is 0.284. The number of ether oxygens (including phenoxy) is 1. The number of esters is 1. The Labute approximate surface area is 228 Å². The van der Waals surface area contributed by atoms with Crippen LogP contribution in [0, 0.1) is 39.4 Å². The highest BCUT2D eigenvalue weighted by Crippen LogP contribution is 2.72. The lowest BCUT2D eigenvalue weighted by atomic mass is 9.44.